The Bertz CT molecular complexity index is 429. The average Bonchev–Trinajstić information content (AvgIpc) is 2.46. The van der Waals surface area contributed by atoms with Crippen LogP contribution in [0, 0.1) is 0 Å². The third-order valence-corrected chi connectivity index (χ3v) is 2.84. The van der Waals surface area contributed by atoms with Crippen LogP contribution in [0.5, 0.6) is 5.75 Å². The molecule has 7 heteroatoms. The molecule has 5 nitrogen and oxygen atoms in total. The second-order valence-corrected chi connectivity index (χ2v) is 5.00. The lowest BCUT2D eigenvalue weighted by Gasteiger charge is -2.17. The Hall–Kier alpha value is -0.730. The first-order valence-corrected chi connectivity index (χ1v) is 7.45. The molecule has 0 amide bonds. The van der Waals surface area contributed by atoms with E-state index in [1.54, 1.807) is 19.2 Å². The molecule has 0 aliphatic rings. The summed E-state index contributed by atoms with van der Waals surface area (Å²) >= 11 is 5.82. The van der Waals surface area contributed by atoms with E-state index in [0.717, 1.165) is 18.3 Å². The molecule has 0 spiro atoms. The van der Waals surface area contributed by atoms with Gasteiger partial charge in [-0.1, -0.05) is 11.6 Å². The number of hydrogen-bond acceptors (Lipinski definition) is 3. The summed E-state index contributed by atoms with van der Waals surface area (Å²) in [4.78, 5) is 4.46. The highest BCUT2D eigenvalue weighted by atomic mass is 127. The lowest BCUT2D eigenvalue weighted by Crippen LogP contribution is -2.44. The van der Waals surface area contributed by atoms with Gasteiger partial charge in [0.25, 0.3) is 0 Å². The third kappa shape index (κ3) is 9.32. The van der Waals surface area contributed by atoms with E-state index in [-0.39, 0.29) is 30.0 Å². The van der Waals surface area contributed by atoms with Crippen LogP contribution in [0.3, 0.4) is 0 Å². The standard InChI is InChI=1S/C15H24ClN3O2.HI/c1-4-17-15(19-12(2)11-20-3)18-9-10-21-14-7-5-13(16)6-8-14;/h5-8,12H,4,9-11H2,1-3H3,(H2,17,18,19);1H. The molecule has 1 unspecified atom stereocenters. The maximum Gasteiger partial charge on any atom is 0.191 e. The second kappa shape index (κ2) is 12.8. The van der Waals surface area contributed by atoms with E-state index < -0.39 is 0 Å². The molecule has 0 bridgehead atoms. The van der Waals surface area contributed by atoms with Gasteiger partial charge in [-0.15, -0.1) is 24.0 Å². The van der Waals surface area contributed by atoms with Crippen molar-refractivity contribution in [1.82, 2.24) is 10.6 Å². The number of ether oxygens (including phenoxy) is 2. The maximum atomic E-state index is 5.82. The lowest BCUT2D eigenvalue weighted by atomic mass is 10.3. The molecule has 1 atom stereocenters. The zero-order valence-corrected chi connectivity index (χ0v) is 16.4. The highest BCUT2D eigenvalue weighted by Crippen LogP contribution is 2.15. The smallest absolute Gasteiger partial charge is 0.191 e. The van der Waals surface area contributed by atoms with Crippen molar-refractivity contribution in [3.8, 4) is 5.75 Å². The summed E-state index contributed by atoms with van der Waals surface area (Å²) in [6.45, 7) is 6.59. The van der Waals surface area contributed by atoms with Crippen molar-refractivity contribution in [2.24, 2.45) is 4.99 Å². The molecule has 0 fully saturated rings. The van der Waals surface area contributed by atoms with Crippen molar-refractivity contribution in [2.75, 3.05) is 33.4 Å². The average molecular weight is 442 g/mol. The second-order valence-electron chi connectivity index (χ2n) is 4.56. The van der Waals surface area contributed by atoms with E-state index >= 15 is 0 Å². The number of guanidine groups is 1. The van der Waals surface area contributed by atoms with Crippen LogP contribution in [0.2, 0.25) is 5.02 Å². The molecule has 0 aliphatic carbocycles. The molecule has 0 aliphatic heterocycles. The van der Waals surface area contributed by atoms with Gasteiger partial charge in [-0.3, -0.25) is 0 Å². The number of nitrogens with one attached hydrogen (secondary N) is 2. The summed E-state index contributed by atoms with van der Waals surface area (Å²) in [6.07, 6.45) is 0. The minimum absolute atomic E-state index is 0. The van der Waals surface area contributed by atoms with E-state index in [9.17, 15) is 0 Å². The van der Waals surface area contributed by atoms with Gasteiger partial charge in [-0.05, 0) is 38.1 Å². The molecule has 1 rings (SSSR count). The van der Waals surface area contributed by atoms with Crippen molar-refractivity contribution in [3.05, 3.63) is 29.3 Å². The minimum atomic E-state index is 0. The Morgan fingerprint density at radius 3 is 2.59 bits per heavy atom. The van der Waals surface area contributed by atoms with E-state index in [4.69, 9.17) is 21.1 Å². The Morgan fingerprint density at radius 1 is 1.32 bits per heavy atom. The van der Waals surface area contributed by atoms with Gasteiger partial charge in [0.05, 0.1) is 13.2 Å². The SMILES string of the molecule is CCNC(=NCCOc1ccc(Cl)cc1)NC(C)COC.I. The quantitative estimate of drug-likeness (QED) is 0.282. The number of nitrogens with zero attached hydrogens (tertiary/aromatic N) is 1. The molecule has 0 radical (unpaired) electrons. The number of aliphatic imine (C=N–C) groups is 1. The molecule has 0 saturated carbocycles. The number of halogens is 2. The van der Waals surface area contributed by atoms with Crippen LogP contribution in [-0.2, 0) is 4.74 Å². The van der Waals surface area contributed by atoms with Gasteiger partial charge in [0.1, 0.15) is 12.4 Å². The third-order valence-electron chi connectivity index (χ3n) is 2.59. The van der Waals surface area contributed by atoms with Gasteiger partial charge in [0.2, 0.25) is 0 Å². The van der Waals surface area contributed by atoms with Crippen LogP contribution in [-0.4, -0.2) is 45.4 Å². The largest absolute Gasteiger partial charge is 0.492 e. The first-order chi connectivity index (χ1) is 10.2. The number of methoxy groups -OCH3 is 1. The van der Waals surface area contributed by atoms with Gasteiger partial charge in [-0.2, -0.15) is 0 Å². The summed E-state index contributed by atoms with van der Waals surface area (Å²) < 4.78 is 10.7. The Balaban J connectivity index is 0.00000441. The molecular weight excluding hydrogens is 417 g/mol. The molecule has 0 heterocycles. The van der Waals surface area contributed by atoms with Crippen LogP contribution in [0.1, 0.15) is 13.8 Å². The number of rotatable bonds is 8. The first-order valence-electron chi connectivity index (χ1n) is 7.07. The highest BCUT2D eigenvalue weighted by molar-refractivity contribution is 14.0. The van der Waals surface area contributed by atoms with Gasteiger partial charge >= 0.3 is 0 Å². The number of benzene rings is 1. The molecule has 1 aromatic rings. The molecule has 126 valence electrons. The summed E-state index contributed by atoms with van der Waals surface area (Å²) in [6, 6.07) is 7.49. The van der Waals surface area contributed by atoms with Gasteiger partial charge < -0.3 is 20.1 Å². The zero-order chi connectivity index (χ0) is 15.5. The normalized spacial score (nSPS) is 12.3. The fourth-order valence-electron chi connectivity index (χ4n) is 1.70. The van der Waals surface area contributed by atoms with E-state index in [1.807, 2.05) is 26.0 Å². The maximum absolute atomic E-state index is 5.82. The van der Waals surface area contributed by atoms with E-state index in [1.165, 1.54) is 0 Å². The van der Waals surface area contributed by atoms with Crippen LogP contribution in [0.4, 0.5) is 0 Å². The fraction of sp³-hybridized carbons (Fsp3) is 0.533. The van der Waals surface area contributed by atoms with Crippen LogP contribution in [0.15, 0.2) is 29.3 Å². The summed E-state index contributed by atoms with van der Waals surface area (Å²) in [5, 5.41) is 7.15. The van der Waals surface area contributed by atoms with Crippen LogP contribution < -0.4 is 15.4 Å². The summed E-state index contributed by atoms with van der Waals surface area (Å²) in [5.74, 6) is 1.56. The molecule has 22 heavy (non-hydrogen) atoms. The van der Waals surface area contributed by atoms with Crippen molar-refractivity contribution >= 4 is 41.5 Å². The van der Waals surface area contributed by atoms with Crippen LogP contribution in [0.25, 0.3) is 0 Å². The van der Waals surface area contributed by atoms with E-state index in [0.29, 0.717) is 24.8 Å². The van der Waals surface area contributed by atoms with Gasteiger partial charge in [0.15, 0.2) is 5.96 Å². The lowest BCUT2D eigenvalue weighted by molar-refractivity contribution is 0.179. The molecular formula is C15H25ClIN3O2. The van der Waals surface area contributed by atoms with Crippen molar-refractivity contribution in [1.29, 1.82) is 0 Å². The molecule has 2 N–H and O–H groups in total. The zero-order valence-electron chi connectivity index (χ0n) is 13.3. The summed E-state index contributed by atoms with van der Waals surface area (Å²) in [5.41, 5.74) is 0. The predicted molar refractivity (Wildman–Crippen MR) is 103 cm³/mol. The Morgan fingerprint density at radius 2 is 2.00 bits per heavy atom. The van der Waals surface area contributed by atoms with Crippen molar-refractivity contribution < 1.29 is 9.47 Å². The fourth-order valence-corrected chi connectivity index (χ4v) is 1.82. The van der Waals surface area contributed by atoms with Crippen LogP contribution >= 0.6 is 35.6 Å². The minimum Gasteiger partial charge on any atom is -0.492 e. The number of hydrogen-bond donors (Lipinski definition) is 2. The molecule has 1 aromatic carbocycles. The summed E-state index contributed by atoms with van der Waals surface area (Å²) in [7, 11) is 1.68. The predicted octanol–water partition coefficient (Wildman–Crippen LogP) is 2.93. The monoisotopic (exact) mass is 441 g/mol. The first kappa shape index (κ1) is 21.3. The van der Waals surface area contributed by atoms with Crippen molar-refractivity contribution in [3.63, 3.8) is 0 Å². The van der Waals surface area contributed by atoms with Crippen molar-refractivity contribution in [2.45, 2.75) is 19.9 Å². The molecule has 0 aromatic heterocycles. The Labute approximate surface area is 154 Å². The van der Waals surface area contributed by atoms with Gasteiger partial charge in [0, 0.05) is 24.7 Å². The topological polar surface area (TPSA) is 54.9 Å². The molecule has 0 saturated heterocycles. The van der Waals surface area contributed by atoms with E-state index in [2.05, 4.69) is 15.6 Å². The van der Waals surface area contributed by atoms with Gasteiger partial charge in [-0.25, -0.2) is 4.99 Å². The highest BCUT2D eigenvalue weighted by Gasteiger charge is 2.03. The Kier molecular flexibility index (Phi) is 12.4.